The molecule has 0 spiro atoms. The Labute approximate surface area is 140 Å². The summed E-state index contributed by atoms with van der Waals surface area (Å²) in [6.45, 7) is 0.474. The largest absolute Gasteiger partial charge is 0.380 e. The van der Waals surface area contributed by atoms with Gasteiger partial charge in [0.2, 0.25) is 0 Å². The number of hydrogen-bond acceptors (Lipinski definition) is 4. The molecule has 0 saturated heterocycles. The third-order valence-corrected chi connectivity index (χ3v) is 4.18. The molecule has 0 fully saturated rings. The SMILES string of the molecule is COCc1cccc(C(=O)Nc2ccccc2SCCC#N)c1. The standard InChI is InChI=1S/C18H18N2O2S/c1-22-13-14-6-4-7-15(12-14)18(21)20-16-8-2-3-9-17(16)23-11-5-10-19/h2-4,6-9,12H,5,11,13H2,1H3,(H,20,21). The summed E-state index contributed by atoms with van der Waals surface area (Å²) in [5.41, 5.74) is 2.31. The van der Waals surface area contributed by atoms with Gasteiger partial charge in [-0.2, -0.15) is 5.26 Å². The molecule has 0 aromatic heterocycles. The van der Waals surface area contributed by atoms with Gasteiger partial charge in [0.25, 0.3) is 5.91 Å². The van der Waals surface area contributed by atoms with Crippen molar-refractivity contribution in [2.75, 3.05) is 18.2 Å². The molecular weight excluding hydrogens is 308 g/mol. The second-order valence-electron chi connectivity index (χ2n) is 4.84. The summed E-state index contributed by atoms with van der Waals surface area (Å²) < 4.78 is 5.09. The number of benzene rings is 2. The topological polar surface area (TPSA) is 62.1 Å². The number of thioether (sulfide) groups is 1. The van der Waals surface area contributed by atoms with Crippen LogP contribution in [0.5, 0.6) is 0 Å². The van der Waals surface area contributed by atoms with Crippen molar-refractivity contribution in [2.24, 2.45) is 0 Å². The van der Waals surface area contributed by atoms with Gasteiger partial charge in [-0.3, -0.25) is 4.79 Å². The highest BCUT2D eigenvalue weighted by Crippen LogP contribution is 2.27. The lowest BCUT2D eigenvalue weighted by Crippen LogP contribution is -2.13. The van der Waals surface area contributed by atoms with Crippen molar-refractivity contribution in [3.8, 4) is 6.07 Å². The number of rotatable bonds is 7. The van der Waals surface area contributed by atoms with Crippen LogP contribution in [0, 0.1) is 11.3 Å². The smallest absolute Gasteiger partial charge is 0.255 e. The summed E-state index contributed by atoms with van der Waals surface area (Å²) in [5.74, 6) is 0.545. The zero-order chi connectivity index (χ0) is 16.5. The van der Waals surface area contributed by atoms with Gasteiger partial charge >= 0.3 is 0 Å². The lowest BCUT2D eigenvalue weighted by molar-refractivity contribution is 0.102. The molecule has 118 valence electrons. The monoisotopic (exact) mass is 326 g/mol. The van der Waals surface area contributed by atoms with E-state index in [2.05, 4.69) is 11.4 Å². The molecule has 0 aliphatic carbocycles. The molecule has 1 amide bonds. The quantitative estimate of drug-likeness (QED) is 0.615. The van der Waals surface area contributed by atoms with Gasteiger partial charge in [-0.15, -0.1) is 11.8 Å². The van der Waals surface area contributed by atoms with Crippen LogP contribution in [-0.2, 0) is 11.3 Å². The van der Waals surface area contributed by atoms with E-state index in [0.717, 1.165) is 16.1 Å². The lowest BCUT2D eigenvalue weighted by atomic mass is 10.1. The Balaban J connectivity index is 2.11. The fourth-order valence-electron chi connectivity index (χ4n) is 2.07. The number of nitrogens with one attached hydrogen (secondary N) is 1. The first-order valence-electron chi connectivity index (χ1n) is 7.22. The third-order valence-electron chi connectivity index (χ3n) is 3.11. The van der Waals surface area contributed by atoms with Crippen LogP contribution in [0.15, 0.2) is 53.4 Å². The van der Waals surface area contributed by atoms with Crippen molar-refractivity contribution in [3.63, 3.8) is 0 Å². The van der Waals surface area contributed by atoms with Crippen LogP contribution in [0.3, 0.4) is 0 Å². The van der Waals surface area contributed by atoms with Gasteiger partial charge in [-0.25, -0.2) is 0 Å². The molecule has 2 aromatic rings. The van der Waals surface area contributed by atoms with Crippen LogP contribution in [0.2, 0.25) is 0 Å². The molecule has 0 atom stereocenters. The van der Waals surface area contributed by atoms with E-state index in [1.165, 1.54) is 0 Å². The fourth-order valence-corrected chi connectivity index (χ4v) is 2.93. The van der Waals surface area contributed by atoms with E-state index >= 15 is 0 Å². The third kappa shape index (κ3) is 5.13. The first kappa shape index (κ1) is 17.1. The number of ether oxygens (including phenoxy) is 1. The van der Waals surface area contributed by atoms with Crippen LogP contribution >= 0.6 is 11.8 Å². The van der Waals surface area contributed by atoms with Gasteiger partial charge in [0.05, 0.1) is 18.4 Å². The molecule has 0 heterocycles. The van der Waals surface area contributed by atoms with E-state index in [-0.39, 0.29) is 5.91 Å². The number of para-hydroxylation sites is 1. The predicted molar refractivity (Wildman–Crippen MR) is 92.5 cm³/mol. The van der Waals surface area contributed by atoms with Gasteiger partial charge in [-0.05, 0) is 29.8 Å². The number of nitrogens with zero attached hydrogens (tertiary/aromatic N) is 1. The van der Waals surface area contributed by atoms with Crippen molar-refractivity contribution in [1.29, 1.82) is 5.26 Å². The summed E-state index contributed by atoms with van der Waals surface area (Å²) in [5, 5.41) is 11.6. The first-order chi connectivity index (χ1) is 11.2. The van der Waals surface area contributed by atoms with E-state index in [9.17, 15) is 4.79 Å². The Morgan fingerprint density at radius 3 is 2.87 bits per heavy atom. The van der Waals surface area contributed by atoms with E-state index in [1.807, 2.05) is 42.5 Å². The minimum atomic E-state index is -0.156. The molecule has 0 radical (unpaired) electrons. The molecule has 0 unspecified atom stereocenters. The molecule has 23 heavy (non-hydrogen) atoms. The van der Waals surface area contributed by atoms with Crippen LogP contribution in [0.25, 0.3) is 0 Å². The summed E-state index contributed by atoms with van der Waals surface area (Å²) in [4.78, 5) is 13.4. The Bertz CT molecular complexity index is 710. The Morgan fingerprint density at radius 1 is 1.26 bits per heavy atom. The van der Waals surface area contributed by atoms with Gasteiger partial charge in [0.15, 0.2) is 0 Å². The predicted octanol–water partition coefficient (Wildman–Crippen LogP) is 4.09. The number of anilines is 1. The van der Waals surface area contributed by atoms with Crippen molar-refractivity contribution < 1.29 is 9.53 Å². The zero-order valence-electron chi connectivity index (χ0n) is 12.9. The normalized spacial score (nSPS) is 10.1. The molecule has 5 heteroatoms. The Hall–Kier alpha value is -2.29. The number of carbonyl (C=O) groups excluding carboxylic acids is 1. The fraction of sp³-hybridized carbons (Fsp3) is 0.222. The summed E-state index contributed by atoms with van der Waals surface area (Å²) in [6, 6.07) is 17.1. The van der Waals surface area contributed by atoms with Crippen molar-refractivity contribution >= 4 is 23.4 Å². The molecule has 0 bridgehead atoms. The molecule has 2 rings (SSSR count). The van der Waals surface area contributed by atoms with Crippen molar-refractivity contribution in [2.45, 2.75) is 17.9 Å². The van der Waals surface area contributed by atoms with Gasteiger partial charge in [0.1, 0.15) is 0 Å². The van der Waals surface area contributed by atoms with E-state index < -0.39 is 0 Å². The maximum absolute atomic E-state index is 12.4. The van der Waals surface area contributed by atoms with E-state index in [0.29, 0.717) is 24.3 Å². The Morgan fingerprint density at radius 2 is 2.09 bits per heavy atom. The highest BCUT2D eigenvalue weighted by molar-refractivity contribution is 7.99. The molecule has 0 aliphatic rings. The molecule has 1 N–H and O–H groups in total. The van der Waals surface area contributed by atoms with E-state index in [1.54, 1.807) is 24.9 Å². The minimum absolute atomic E-state index is 0.156. The number of nitriles is 1. The van der Waals surface area contributed by atoms with E-state index in [4.69, 9.17) is 10.00 Å². The molecule has 2 aromatic carbocycles. The average Bonchev–Trinajstić information content (AvgIpc) is 2.57. The number of amides is 1. The van der Waals surface area contributed by atoms with Crippen LogP contribution in [-0.4, -0.2) is 18.8 Å². The van der Waals surface area contributed by atoms with Gasteiger partial charge in [0, 0.05) is 29.7 Å². The number of carbonyl (C=O) groups is 1. The molecule has 0 aliphatic heterocycles. The van der Waals surface area contributed by atoms with Gasteiger partial charge in [-0.1, -0.05) is 24.3 Å². The minimum Gasteiger partial charge on any atom is -0.380 e. The first-order valence-corrected chi connectivity index (χ1v) is 8.21. The van der Waals surface area contributed by atoms with Crippen LogP contribution in [0.1, 0.15) is 22.3 Å². The highest BCUT2D eigenvalue weighted by atomic mass is 32.2. The number of hydrogen-bond donors (Lipinski definition) is 1. The van der Waals surface area contributed by atoms with Crippen LogP contribution < -0.4 is 5.32 Å². The summed E-state index contributed by atoms with van der Waals surface area (Å²) in [6.07, 6.45) is 0.478. The summed E-state index contributed by atoms with van der Waals surface area (Å²) in [7, 11) is 1.63. The Kier molecular flexibility index (Phi) is 6.67. The second kappa shape index (κ2) is 8.99. The maximum Gasteiger partial charge on any atom is 0.255 e. The molecular formula is C18H18N2O2S. The number of methoxy groups -OCH3 is 1. The summed E-state index contributed by atoms with van der Waals surface area (Å²) >= 11 is 1.56. The molecule has 0 saturated carbocycles. The average molecular weight is 326 g/mol. The van der Waals surface area contributed by atoms with Crippen LogP contribution in [0.4, 0.5) is 5.69 Å². The van der Waals surface area contributed by atoms with Crippen molar-refractivity contribution in [1.82, 2.24) is 0 Å². The maximum atomic E-state index is 12.4. The lowest BCUT2D eigenvalue weighted by Gasteiger charge is -2.11. The van der Waals surface area contributed by atoms with Crippen molar-refractivity contribution in [3.05, 3.63) is 59.7 Å². The second-order valence-corrected chi connectivity index (χ2v) is 5.98. The molecule has 4 nitrogen and oxygen atoms in total. The van der Waals surface area contributed by atoms with Gasteiger partial charge < -0.3 is 10.1 Å². The zero-order valence-corrected chi connectivity index (χ0v) is 13.7. The highest BCUT2D eigenvalue weighted by Gasteiger charge is 2.10.